The van der Waals surface area contributed by atoms with E-state index in [1.807, 2.05) is 13.8 Å². The number of aliphatic hydroxyl groups is 1. The van der Waals surface area contributed by atoms with E-state index in [1.54, 1.807) is 6.92 Å². The number of nitrogens with one attached hydrogen (secondary N) is 1. The first-order chi connectivity index (χ1) is 6.87. The zero-order valence-electron chi connectivity index (χ0n) is 9.86. The van der Waals surface area contributed by atoms with Crippen molar-refractivity contribution in [3.05, 3.63) is 0 Å². The lowest BCUT2D eigenvalue weighted by Crippen LogP contribution is -2.31. The number of unbranched alkanes of at least 4 members (excludes halogenated alkanes) is 1. The van der Waals surface area contributed by atoms with Crippen LogP contribution >= 0.6 is 0 Å². The molecule has 0 rings (SSSR count). The Morgan fingerprint density at radius 2 is 1.93 bits per heavy atom. The molecule has 0 amide bonds. The van der Waals surface area contributed by atoms with Crippen LogP contribution in [0.5, 0.6) is 0 Å². The molecule has 2 unspecified atom stereocenters. The number of hydrogen-bond acceptors (Lipinski definition) is 3. The van der Waals surface area contributed by atoms with Gasteiger partial charge in [-0.25, -0.2) is 13.1 Å². The van der Waals surface area contributed by atoms with Gasteiger partial charge in [-0.3, -0.25) is 0 Å². The van der Waals surface area contributed by atoms with E-state index in [1.165, 1.54) is 0 Å². The van der Waals surface area contributed by atoms with Gasteiger partial charge in [-0.2, -0.15) is 0 Å². The normalized spacial score (nSPS) is 16.3. The quantitative estimate of drug-likeness (QED) is 0.664. The lowest BCUT2D eigenvalue weighted by atomic mass is 10.1. The average molecular weight is 237 g/mol. The minimum absolute atomic E-state index is 0.168. The van der Waals surface area contributed by atoms with Crippen LogP contribution in [-0.2, 0) is 10.0 Å². The third-order valence-electron chi connectivity index (χ3n) is 2.16. The van der Waals surface area contributed by atoms with Gasteiger partial charge >= 0.3 is 0 Å². The van der Waals surface area contributed by atoms with Gasteiger partial charge in [0, 0.05) is 6.54 Å². The van der Waals surface area contributed by atoms with Gasteiger partial charge in [0.15, 0.2) is 0 Å². The topological polar surface area (TPSA) is 66.4 Å². The summed E-state index contributed by atoms with van der Waals surface area (Å²) in [6.07, 6.45) is 1.82. The Bertz CT molecular complexity index is 249. The van der Waals surface area contributed by atoms with Crippen molar-refractivity contribution in [2.75, 3.05) is 12.3 Å². The van der Waals surface area contributed by atoms with Crippen molar-refractivity contribution in [2.45, 2.75) is 46.1 Å². The van der Waals surface area contributed by atoms with E-state index >= 15 is 0 Å². The fourth-order valence-corrected chi connectivity index (χ4v) is 2.69. The maximum absolute atomic E-state index is 11.4. The average Bonchev–Trinajstić information content (AvgIpc) is 2.11. The maximum atomic E-state index is 11.4. The largest absolute Gasteiger partial charge is 0.393 e. The van der Waals surface area contributed by atoms with E-state index in [-0.39, 0.29) is 17.8 Å². The van der Waals surface area contributed by atoms with Crippen LogP contribution in [0.4, 0.5) is 0 Å². The molecule has 15 heavy (non-hydrogen) atoms. The summed E-state index contributed by atoms with van der Waals surface area (Å²) in [5.41, 5.74) is 0. The summed E-state index contributed by atoms with van der Waals surface area (Å²) in [5.74, 6) is 0.367. The smallest absolute Gasteiger partial charge is 0.211 e. The molecule has 0 saturated heterocycles. The fourth-order valence-electron chi connectivity index (χ4n) is 1.34. The van der Waals surface area contributed by atoms with Gasteiger partial charge in [0.1, 0.15) is 0 Å². The van der Waals surface area contributed by atoms with E-state index < -0.39 is 10.0 Å². The van der Waals surface area contributed by atoms with Crippen LogP contribution in [0.3, 0.4) is 0 Å². The molecule has 0 aliphatic heterocycles. The van der Waals surface area contributed by atoms with Gasteiger partial charge in [0.25, 0.3) is 0 Å². The van der Waals surface area contributed by atoms with Crippen molar-refractivity contribution in [1.82, 2.24) is 4.72 Å². The van der Waals surface area contributed by atoms with Crippen LogP contribution in [0, 0.1) is 5.92 Å². The summed E-state index contributed by atoms with van der Waals surface area (Å²) < 4.78 is 25.4. The minimum atomic E-state index is -3.11. The maximum Gasteiger partial charge on any atom is 0.211 e. The first-order valence-corrected chi connectivity index (χ1v) is 7.18. The molecule has 92 valence electrons. The van der Waals surface area contributed by atoms with Crippen LogP contribution < -0.4 is 4.72 Å². The summed E-state index contributed by atoms with van der Waals surface area (Å²) in [5, 5.41) is 9.12. The zero-order valence-corrected chi connectivity index (χ0v) is 10.7. The third-order valence-corrected chi connectivity index (χ3v) is 3.59. The van der Waals surface area contributed by atoms with Gasteiger partial charge < -0.3 is 5.11 Å². The SMILES string of the molecule is CCCCS(=O)(=O)NCC(C)CC(C)O. The highest BCUT2D eigenvalue weighted by Crippen LogP contribution is 2.05. The summed E-state index contributed by atoms with van der Waals surface area (Å²) in [7, 11) is -3.11. The van der Waals surface area contributed by atoms with E-state index in [2.05, 4.69) is 4.72 Å². The first-order valence-electron chi connectivity index (χ1n) is 5.52. The summed E-state index contributed by atoms with van der Waals surface area (Å²) in [4.78, 5) is 0. The second-order valence-electron chi connectivity index (χ2n) is 4.21. The van der Waals surface area contributed by atoms with Gasteiger partial charge in [0.05, 0.1) is 11.9 Å². The Labute approximate surface area is 93.1 Å². The Balaban J connectivity index is 3.82. The first kappa shape index (κ1) is 14.9. The van der Waals surface area contributed by atoms with Crippen molar-refractivity contribution in [3.8, 4) is 0 Å². The highest BCUT2D eigenvalue weighted by atomic mass is 32.2. The Morgan fingerprint density at radius 1 is 1.33 bits per heavy atom. The molecule has 0 aliphatic rings. The van der Waals surface area contributed by atoms with E-state index in [0.29, 0.717) is 19.4 Å². The molecule has 0 aromatic carbocycles. The third kappa shape index (κ3) is 8.84. The van der Waals surface area contributed by atoms with Crippen molar-refractivity contribution in [1.29, 1.82) is 0 Å². The molecule has 0 radical (unpaired) electrons. The summed E-state index contributed by atoms with van der Waals surface area (Å²) in [6.45, 7) is 6.01. The predicted molar refractivity (Wildman–Crippen MR) is 62.2 cm³/mol. The van der Waals surface area contributed by atoms with Gasteiger partial charge in [-0.05, 0) is 25.7 Å². The molecule has 2 N–H and O–H groups in total. The molecule has 0 fully saturated rings. The Kier molecular flexibility index (Phi) is 7.13. The van der Waals surface area contributed by atoms with E-state index in [9.17, 15) is 8.42 Å². The Morgan fingerprint density at radius 3 is 2.40 bits per heavy atom. The lowest BCUT2D eigenvalue weighted by molar-refractivity contribution is 0.165. The van der Waals surface area contributed by atoms with Crippen molar-refractivity contribution in [3.63, 3.8) is 0 Å². The molecule has 4 nitrogen and oxygen atoms in total. The van der Waals surface area contributed by atoms with E-state index in [0.717, 1.165) is 6.42 Å². The molecule has 0 bridgehead atoms. The predicted octanol–water partition coefficient (Wildman–Crippen LogP) is 1.11. The standard InChI is InChI=1S/C10H23NO3S/c1-4-5-6-15(13,14)11-8-9(2)7-10(3)12/h9-12H,4-8H2,1-3H3. The zero-order chi connectivity index (χ0) is 11.9. The monoisotopic (exact) mass is 237 g/mol. The fraction of sp³-hybridized carbons (Fsp3) is 1.00. The molecule has 0 heterocycles. The highest BCUT2D eigenvalue weighted by Gasteiger charge is 2.12. The Hall–Kier alpha value is -0.130. The molecule has 0 aliphatic carbocycles. The van der Waals surface area contributed by atoms with Crippen LogP contribution in [0.2, 0.25) is 0 Å². The highest BCUT2D eigenvalue weighted by molar-refractivity contribution is 7.89. The summed E-state index contributed by atoms with van der Waals surface area (Å²) >= 11 is 0. The minimum Gasteiger partial charge on any atom is -0.393 e. The van der Waals surface area contributed by atoms with Gasteiger partial charge in [-0.15, -0.1) is 0 Å². The molecule has 0 aromatic rings. The number of aliphatic hydroxyl groups excluding tert-OH is 1. The van der Waals surface area contributed by atoms with Crippen LogP contribution in [0.25, 0.3) is 0 Å². The number of hydrogen-bond donors (Lipinski definition) is 2. The molecular weight excluding hydrogens is 214 g/mol. The van der Waals surface area contributed by atoms with Crippen molar-refractivity contribution in [2.24, 2.45) is 5.92 Å². The second kappa shape index (κ2) is 7.19. The van der Waals surface area contributed by atoms with Crippen LogP contribution in [0.1, 0.15) is 40.0 Å². The van der Waals surface area contributed by atoms with Crippen molar-refractivity contribution >= 4 is 10.0 Å². The van der Waals surface area contributed by atoms with Crippen molar-refractivity contribution < 1.29 is 13.5 Å². The molecular formula is C10H23NO3S. The van der Waals surface area contributed by atoms with Crippen LogP contribution in [0.15, 0.2) is 0 Å². The van der Waals surface area contributed by atoms with Gasteiger partial charge in [0.2, 0.25) is 10.0 Å². The molecule has 2 atom stereocenters. The molecule has 0 spiro atoms. The lowest BCUT2D eigenvalue weighted by Gasteiger charge is -2.14. The van der Waals surface area contributed by atoms with Crippen LogP contribution in [-0.4, -0.2) is 31.9 Å². The number of rotatable bonds is 8. The van der Waals surface area contributed by atoms with Gasteiger partial charge in [-0.1, -0.05) is 20.3 Å². The molecule has 5 heteroatoms. The second-order valence-corrected chi connectivity index (χ2v) is 6.14. The summed E-state index contributed by atoms with van der Waals surface area (Å²) in [6, 6.07) is 0. The number of sulfonamides is 1. The molecule has 0 aromatic heterocycles. The van der Waals surface area contributed by atoms with E-state index in [4.69, 9.17) is 5.11 Å². The molecule has 0 saturated carbocycles.